The molecule has 0 saturated heterocycles. The van der Waals surface area contributed by atoms with Gasteiger partial charge in [-0.25, -0.2) is 4.79 Å². The normalized spacial score (nSPS) is 18.6. The molecule has 0 aromatic heterocycles. The Labute approximate surface area is 228 Å². The van der Waals surface area contributed by atoms with Crippen LogP contribution in [0.25, 0.3) is 0 Å². The van der Waals surface area contributed by atoms with Crippen molar-refractivity contribution in [1.29, 1.82) is 0 Å². The first-order chi connectivity index (χ1) is 18.4. The van der Waals surface area contributed by atoms with E-state index in [2.05, 4.69) is 6.92 Å². The quantitative estimate of drug-likeness (QED) is 0.199. The Morgan fingerprint density at radius 3 is 2.21 bits per heavy atom. The average Bonchev–Trinajstić information content (AvgIpc) is 2.93. The van der Waals surface area contributed by atoms with Gasteiger partial charge in [0.25, 0.3) is 0 Å². The summed E-state index contributed by atoms with van der Waals surface area (Å²) < 4.78 is 5.93. The molecule has 2 N–H and O–H groups in total. The molecule has 6 heteroatoms. The zero-order chi connectivity index (χ0) is 26.8. The van der Waals surface area contributed by atoms with E-state index in [0.29, 0.717) is 21.9 Å². The number of nitrogens with two attached hydrogens (primary N) is 1. The number of hydrogen-bond donors (Lipinski definition) is 1. The van der Waals surface area contributed by atoms with Crippen LogP contribution in [-0.4, -0.2) is 23.6 Å². The Morgan fingerprint density at radius 2 is 1.58 bits per heavy atom. The molecule has 3 aromatic carbocycles. The maximum Gasteiger partial charge on any atom is 0.340 e. The second kappa shape index (κ2) is 11.2. The van der Waals surface area contributed by atoms with Gasteiger partial charge in [0, 0.05) is 26.5 Å². The third-order valence-corrected chi connectivity index (χ3v) is 8.75. The number of nitrogen functional groups attached to an aromatic ring is 1. The lowest BCUT2D eigenvalue weighted by Crippen LogP contribution is -2.27. The number of esters is 1. The number of fused-ring (bicyclic) bond motifs is 2. The largest absolute Gasteiger partial charge is 0.459 e. The number of hydrogen-bond acceptors (Lipinski definition) is 6. The second-order valence-electron chi connectivity index (χ2n) is 10.4. The first-order valence-corrected chi connectivity index (χ1v) is 14.3. The summed E-state index contributed by atoms with van der Waals surface area (Å²) in [6.07, 6.45) is 7.26. The van der Waals surface area contributed by atoms with Crippen molar-refractivity contribution in [1.82, 2.24) is 0 Å². The van der Waals surface area contributed by atoms with Crippen LogP contribution in [0.15, 0.2) is 64.4 Å². The summed E-state index contributed by atoms with van der Waals surface area (Å²) in [7, 11) is 0. The van der Waals surface area contributed by atoms with Crippen molar-refractivity contribution in [2.75, 3.05) is 5.73 Å². The molecule has 0 atom stereocenters. The maximum atomic E-state index is 13.6. The number of benzene rings is 3. The fourth-order valence-electron chi connectivity index (χ4n) is 5.51. The zero-order valence-corrected chi connectivity index (χ0v) is 22.7. The van der Waals surface area contributed by atoms with Gasteiger partial charge < -0.3 is 10.5 Å². The Hall–Kier alpha value is -3.38. The molecule has 2 aliphatic carbocycles. The summed E-state index contributed by atoms with van der Waals surface area (Å²) in [6, 6.07) is 16.3. The molecule has 0 spiro atoms. The number of ketones is 2. The Morgan fingerprint density at radius 1 is 0.947 bits per heavy atom. The molecule has 0 radical (unpaired) electrons. The average molecular weight is 528 g/mol. The SMILES string of the molecule is CCCC[C@H]1CC[C@H](OC(=O)c2cc(Sc3ccc(C)cc3)c3c(c2N)C(=O)c2ccccc2C3=O)CC1. The van der Waals surface area contributed by atoms with E-state index in [4.69, 9.17) is 10.5 Å². The number of carbonyl (C=O) groups excluding carboxylic acids is 3. The van der Waals surface area contributed by atoms with Crippen LogP contribution in [0.4, 0.5) is 5.69 Å². The van der Waals surface area contributed by atoms with Crippen molar-refractivity contribution in [2.24, 2.45) is 5.92 Å². The van der Waals surface area contributed by atoms with E-state index in [-0.39, 0.29) is 40.0 Å². The predicted molar refractivity (Wildman–Crippen MR) is 150 cm³/mol. The number of anilines is 1. The molecule has 0 bridgehead atoms. The topological polar surface area (TPSA) is 86.5 Å². The first kappa shape index (κ1) is 26.2. The molecule has 0 heterocycles. The monoisotopic (exact) mass is 527 g/mol. The fraction of sp³-hybridized carbons (Fsp3) is 0.344. The highest BCUT2D eigenvalue weighted by Crippen LogP contribution is 2.42. The Bertz CT molecular complexity index is 1390. The molecule has 5 nitrogen and oxygen atoms in total. The summed E-state index contributed by atoms with van der Waals surface area (Å²) >= 11 is 1.35. The van der Waals surface area contributed by atoms with Gasteiger partial charge in [-0.15, -0.1) is 0 Å². The van der Waals surface area contributed by atoms with Gasteiger partial charge >= 0.3 is 5.97 Å². The van der Waals surface area contributed by atoms with Gasteiger partial charge in [-0.05, 0) is 56.7 Å². The van der Waals surface area contributed by atoms with Gasteiger partial charge in [-0.2, -0.15) is 0 Å². The van der Waals surface area contributed by atoms with Crippen LogP contribution in [0.5, 0.6) is 0 Å². The smallest absolute Gasteiger partial charge is 0.340 e. The number of carbonyl (C=O) groups is 3. The van der Waals surface area contributed by atoms with E-state index >= 15 is 0 Å². The summed E-state index contributed by atoms with van der Waals surface area (Å²) in [5.41, 5.74) is 8.78. The molecular formula is C32H33NO4S. The van der Waals surface area contributed by atoms with E-state index in [0.717, 1.165) is 36.1 Å². The van der Waals surface area contributed by atoms with Crippen LogP contribution in [0.1, 0.15) is 99.6 Å². The van der Waals surface area contributed by atoms with Gasteiger partial charge in [-0.3, -0.25) is 9.59 Å². The second-order valence-corrected chi connectivity index (χ2v) is 11.5. The van der Waals surface area contributed by atoms with Crippen molar-refractivity contribution in [2.45, 2.75) is 74.7 Å². The lowest BCUT2D eigenvalue weighted by molar-refractivity contribution is 0.0162. The van der Waals surface area contributed by atoms with E-state index in [1.54, 1.807) is 30.3 Å². The molecule has 0 unspecified atom stereocenters. The third-order valence-electron chi connectivity index (χ3n) is 7.70. The van der Waals surface area contributed by atoms with Crippen molar-refractivity contribution in [3.8, 4) is 0 Å². The van der Waals surface area contributed by atoms with E-state index in [1.807, 2.05) is 31.2 Å². The molecule has 0 aliphatic heterocycles. The van der Waals surface area contributed by atoms with Crippen LogP contribution in [0, 0.1) is 12.8 Å². The minimum Gasteiger partial charge on any atom is -0.459 e. The molecule has 38 heavy (non-hydrogen) atoms. The van der Waals surface area contributed by atoms with Crippen LogP contribution in [0.2, 0.25) is 0 Å². The Balaban J connectivity index is 1.50. The molecule has 1 fully saturated rings. The fourth-order valence-corrected chi connectivity index (χ4v) is 6.51. The van der Waals surface area contributed by atoms with E-state index < -0.39 is 5.97 Å². The third kappa shape index (κ3) is 5.14. The van der Waals surface area contributed by atoms with Gasteiger partial charge in [0.2, 0.25) is 0 Å². The van der Waals surface area contributed by atoms with Crippen LogP contribution in [-0.2, 0) is 4.74 Å². The summed E-state index contributed by atoms with van der Waals surface area (Å²) in [5.74, 6) is -0.446. The molecule has 196 valence electrons. The number of aryl methyl sites for hydroxylation is 1. The predicted octanol–water partition coefficient (Wildman–Crippen LogP) is 7.41. The highest BCUT2D eigenvalue weighted by molar-refractivity contribution is 7.99. The highest BCUT2D eigenvalue weighted by atomic mass is 32.2. The van der Waals surface area contributed by atoms with Crippen LogP contribution in [0.3, 0.4) is 0 Å². The highest BCUT2D eigenvalue weighted by Gasteiger charge is 2.36. The molecule has 5 rings (SSSR count). The number of unbranched alkanes of at least 4 members (excludes halogenated alkanes) is 1. The lowest BCUT2D eigenvalue weighted by atomic mass is 9.82. The zero-order valence-electron chi connectivity index (χ0n) is 21.9. The summed E-state index contributed by atoms with van der Waals surface area (Å²) in [6.45, 7) is 4.21. The first-order valence-electron chi connectivity index (χ1n) is 13.5. The maximum absolute atomic E-state index is 13.6. The van der Waals surface area contributed by atoms with Crippen molar-refractivity contribution < 1.29 is 19.1 Å². The molecule has 3 aromatic rings. The summed E-state index contributed by atoms with van der Waals surface area (Å²) in [5, 5.41) is 0. The van der Waals surface area contributed by atoms with Gasteiger partial charge in [0.1, 0.15) is 6.10 Å². The minimum atomic E-state index is -0.535. The minimum absolute atomic E-state index is 0.0164. The van der Waals surface area contributed by atoms with E-state index in [9.17, 15) is 14.4 Å². The van der Waals surface area contributed by atoms with Gasteiger partial charge in [0.15, 0.2) is 11.6 Å². The number of ether oxygens (including phenoxy) is 1. The van der Waals surface area contributed by atoms with Gasteiger partial charge in [0.05, 0.1) is 16.8 Å². The van der Waals surface area contributed by atoms with E-state index in [1.165, 1.54) is 31.0 Å². The standard InChI is InChI=1S/C32H33NO4S/c1-3-4-7-20-12-14-21(15-13-20)37-32(36)25-18-26(38-22-16-10-19(2)11-17-22)27-28(29(25)33)31(35)24-9-6-5-8-23(24)30(27)34/h5-6,8-11,16-18,20-21H,3-4,7,12-15,33H2,1-2H3/t20-,21-. The molecule has 0 amide bonds. The van der Waals surface area contributed by atoms with Crippen molar-refractivity contribution in [3.05, 3.63) is 88.0 Å². The number of rotatable bonds is 7. The van der Waals surface area contributed by atoms with Crippen LogP contribution >= 0.6 is 11.8 Å². The van der Waals surface area contributed by atoms with Crippen molar-refractivity contribution >= 4 is 35.0 Å². The Kier molecular flexibility index (Phi) is 7.70. The summed E-state index contributed by atoms with van der Waals surface area (Å²) in [4.78, 5) is 42.1. The molecule has 2 aliphatic rings. The van der Waals surface area contributed by atoms with Crippen LogP contribution < -0.4 is 5.73 Å². The van der Waals surface area contributed by atoms with Gasteiger partial charge in [-0.1, -0.05) is 79.9 Å². The lowest BCUT2D eigenvalue weighted by Gasteiger charge is -2.29. The van der Waals surface area contributed by atoms with Crippen molar-refractivity contribution in [3.63, 3.8) is 0 Å². The molecule has 1 saturated carbocycles. The molecular weight excluding hydrogens is 494 g/mol.